The fourth-order valence-electron chi connectivity index (χ4n) is 2.70. The molecule has 0 amide bonds. The van der Waals surface area contributed by atoms with Crippen LogP contribution in [0.4, 0.5) is 8.78 Å². The van der Waals surface area contributed by atoms with Crippen LogP contribution >= 0.6 is 0 Å². The van der Waals surface area contributed by atoms with Crippen molar-refractivity contribution in [3.05, 3.63) is 35.4 Å². The zero-order valence-electron chi connectivity index (χ0n) is 12.2. The highest BCUT2D eigenvalue weighted by Gasteiger charge is 2.35. The van der Waals surface area contributed by atoms with Gasteiger partial charge in [0.25, 0.3) is 0 Å². The second-order valence-corrected chi connectivity index (χ2v) is 5.06. The van der Waals surface area contributed by atoms with Gasteiger partial charge < -0.3 is 5.73 Å². The SMILES string of the molecule is CCN(CC)C(C)(CC)C(N)c1cc(F)cc(F)c1. The number of nitrogens with two attached hydrogens (primary N) is 1. The Bertz CT molecular complexity index is 398. The molecule has 2 N–H and O–H groups in total. The van der Waals surface area contributed by atoms with Gasteiger partial charge in [0.2, 0.25) is 0 Å². The van der Waals surface area contributed by atoms with Crippen molar-refractivity contribution in [2.24, 2.45) is 5.73 Å². The van der Waals surface area contributed by atoms with E-state index in [0.29, 0.717) is 5.56 Å². The monoisotopic (exact) mass is 270 g/mol. The fourth-order valence-corrected chi connectivity index (χ4v) is 2.70. The third-order valence-corrected chi connectivity index (χ3v) is 4.12. The molecule has 0 fully saturated rings. The van der Waals surface area contributed by atoms with Gasteiger partial charge >= 0.3 is 0 Å². The van der Waals surface area contributed by atoms with E-state index in [1.54, 1.807) is 0 Å². The van der Waals surface area contributed by atoms with E-state index < -0.39 is 17.7 Å². The Hall–Kier alpha value is -1.00. The van der Waals surface area contributed by atoms with Gasteiger partial charge in [0.1, 0.15) is 11.6 Å². The smallest absolute Gasteiger partial charge is 0.126 e. The van der Waals surface area contributed by atoms with Gasteiger partial charge in [-0.05, 0) is 44.1 Å². The maximum absolute atomic E-state index is 13.3. The lowest BCUT2D eigenvalue weighted by Gasteiger charge is -2.44. The molecule has 0 saturated carbocycles. The van der Waals surface area contributed by atoms with E-state index in [-0.39, 0.29) is 5.54 Å². The second kappa shape index (κ2) is 6.44. The number of rotatable bonds is 6. The maximum atomic E-state index is 13.3. The number of hydrogen-bond donors (Lipinski definition) is 1. The highest BCUT2D eigenvalue weighted by atomic mass is 19.1. The molecule has 0 bridgehead atoms. The van der Waals surface area contributed by atoms with Crippen LogP contribution in [0.25, 0.3) is 0 Å². The Kier molecular flexibility index (Phi) is 5.44. The summed E-state index contributed by atoms with van der Waals surface area (Å²) in [4.78, 5) is 2.24. The van der Waals surface area contributed by atoms with Gasteiger partial charge in [-0.2, -0.15) is 0 Å². The summed E-state index contributed by atoms with van der Waals surface area (Å²) in [6.07, 6.45) is 0.813. The van der Waals surface area contributed by atoms with E-state index in [0.717, 1.165) is 25.6 Å². The molecule has 2 unspecified atom stereocenters. The van der Waals surface area contributed by atoms with E-state index in [4.69, 9.17) is 5.73 Å². The van der Waals surface area contributed by atoms with Gasteiger partial charge in [0.15, 0.2) is 0 Å². The maximum Gasteiger partial charge on any atom is 0.126 e. The number of likely N-dealkylation sites (N-methyl/N-ethyl adjacent to an activating group) is 1. The molecular formula is C15H24F2N2. The lowest BCUT2D eigenvalue weighted by Crippen LogP contribution is -2.53. The van der Waals surface area contributed by atoms with E-state index in [9.17, 15) is 8.78 Å². The number of hydrogen-bond acceptors (Lipinski definition) is 2. The largest absolute Gasteiger partial charge is 0.322 e. The minimum absolute atomic E-state index is 0.316. The summed E-state index contributed by atoms with van der Waals surface area (Å²) in [5, 5.41) is 0. The van der Waals surface area contributed by atoms with Crippen LogP contribution in [-0.4, -0.2) is 23.5 Å². The van der Waals surface area contributed by atoms with Crippen molar-refractivity contribution in [3.63, 3.8) is 0 Å². The third kappa shape index (κ3) is 3.31. The predicted octanol–water partition coefficient (Wildman–Crippen LogP) is 3.48. The first-order valence-corrected chi connectivity index (χ1v) is 6.85. The Morgan fingerprint density at radius 1 is 1.11 bits per heavy atom. The van der Waals surface area contributed by atoms with Crippen LogP contribution in [-0.2, 0) is 0 Å². The molecule has 4 heteroatoms. The zero-order chi connectivity index (χ0) is 14.6. The number of nitrogens with zero attached hydrogens (tertiary/aromatic N) is 1. The van der Waals surface area contributed by atoms with Crippen molar-refractivity contribution in [3.8, 4) is 0 Å². The normalized spacial score (nSPS) is 16.4. The summed E-state index contributed by atoms with van der Waals surface area (Å²) in [6, 6.07) is 3.09. The van der Waals surface area contributed by atoms with Gasteiger partial charge in [-0.1, -0.05) is 20.8 Å². The zero-order valence-corrected chi connectivity index (χ0v) is 12.2. The molecule has 0 aromatic heterocycles. The van der Waals surface area contributed by atoms with Crippen LogP contribution < -0.4 is 5.73 Å². The van der Waals surface area contributed by atoms with E-state index in [1.165, 1.54) is 12.1 Å². The van der Waals surface area contributed by atoms with Crippen LogP contribution in [0.15, 0.2) is 18.2 Å². The van der Waals surface area contributed by atoms with Gasteiger partial charge in [-0.3, -0.25) is 4.90 Å². The molecular weight excluding hydrogens is 246 g/mol. The van der Waals surface area contributed by atoms with E-state index in [2.05, 4.69) is 18.7 Å². The third-order valence-electron chi connectivity index (χ3n) is 4.12. The van der Waals surface area contributed by atoms with Gasteiger partial charge in [0.05, 0.1) is 0 Å². The first-order valence-electron chi connectivity index (χ1n) is 6.85. The Morgan fingerprint density at radius 2 is 1.58 bits per heavy atom. The molecule has 1 rings (SSSR count). The average molecular weight is 270 g/mol. The average Bonchev–Trinajstić information content (AvgIpc) is 2.37. The first kappa shape index (κ1) is 16.1. The molecule has 0 aliphatic rings. The van der Waals surface area contributed by atoms with Crippen LogP contribution in [0.2, 0.25) is 0 Å². The van der Waals surface area contributed by atoms with Gasteiger partial charge in [-0.15, -0.1) is 0 Å². The quantitative estimate of drug-likeness (QED) is 0.857. The minimum Gasteiger partial charge on any atom is -0.322 e. The second-order valence-electron chi connectivity index (χ2n) is 5.06. The molecule has 2 atom stereocenters. The molecule has 0 heterocycles. The molecule has 0 spiro atoms. The summed E-state index contributed by atoms with van der Waals surface area (Å²) in [5.74, 6) is -1.16. The van der Waals surface area contributed by atoms with E-state index in [1.807, 2.05) is 13.8 Å². The highest BCUT2D eigenvalue weighted by molar-refractivity contribution is 5.24. The van der Waals surface area contributed by atoms with Gasteiger partial charge in [-0.25, -0.2) is 8.78 Å². The molecule has 2 nitrogen and oxygen atoms in total. The Balaban J connectivity index is 3.16. The summed E-state index contributed by atoms with van der Waals surface area (Å²) in [5.41, 5.74) is 6.49. The van der Waals surface area contributed by atoms with Crippen molar-refractivity contribution in [2.75, 3.05) is 13.1 Å². The van der Waals surface area contributed by atoms with Crippen molar-refractivity contribution >= 4 is 0 Å². The highest BCUT2D eigenvalue weighted by Crippen LogP contribution is 2.32. The lowest BCUT2D eigenvalue weighted by molar-refractivity contribution is 0.0842. The van der Waals surface area contributed by atoms with Crippen molar-refractivity contribution in [2.45, 2.75) is 45.7 Å². The summed E-state index contributed by atoms with van der Waals surface area (Å²) in [7, 11) is 0. The van der Waals surface area contributed by atoms with Gasteiger partial charge in [0, 0.05) is 17.6 Å². The lowest BCUT2D eigenvalue weighted by atomic mass is 9.83. The molecule has 1 aromatic rings. The number of halogens is 2. The molecule has 0 saturated heterocycles. The van der Waals surface area contributed by atoms with Crippen LogP contribution in [0.5, 0.6) is 0 Å². The van der Waals surface area contributed by atoms with Crippen molar-refractivity contribution < 1.29 is 8.78 Å². The Morgan fingerprint density at radius 3 is 1.95 bits per heavy atom. The molecule has 0 radical (unpaired) electrons. The summed E-state index contributed by atoms with van der Waals surface area (Å²) >= 11 is 0. The summed E-state index contributed by atoms with van der Waals surface area (Å²) in [6.45, 7) is 9.94. The van der Waals surface area contributed by atoms with Crippen LogP contribution in [0.3, 0.4) is 0 Å². The molecule has 108 valence electrons. The Labute approximate surface area is 114 Å². The fraction of sp³-hybridized carbons (Fsp3) is 0.600. The van der Waals surface area contributed by atoms with Crippen LogP contribution in [0, 0.1) is 11.6 Å². The van der Waals surface area contributed by atoms with Crippen LogP contribution in [0.1, 0.15) is 45.7 Å². The van der Waals surface area contributed by atoms with Crippen molar-refractivity contribution in [1.82, 2.24) is 4.90 Å². The van der Waals surface area contributed by atoms with E-state index >= 15 is 0 Å². The standard InChI is InChI=1S/C15H24F2N2/c1-5-15(4,19(6-2)7-3)14(18)11-8-12(16)10-13(17)9-11/h8-10,14H,5-7,18H2,1-4H3. The predicted molar refractivity (Wildman–Crippen MR) is 74.9 cm³/mol. The molecule has 0 aliphatic carbocycles. The first-order chi connectivity index (χ1) is 8.88. The van der Waals surface area contributed by atoms with Crippen molar-refractivity contribution in [1.29, 1.82) is 0 Å². The minimum atomic E-state index is -0.580. The molecule has 19 heavy (non-hydrogen) atoms. The topological polar surface area (TPSA) is 29.3 Å². The molecule has 1 aromatic carbocycles. The summed E-state index contributed by atoms with van der Waals surface area (Å²) < 4.78 is 26.7. The molecule has 0 aliphatic heterocycles. The number of benzene rings is 1.